The number of aromatic nitrogens is 1. The predicted octanol–water partition coefficient (Wildman–Crippen LogP) is 3.01. The van der Waals surface area contributed by atoms with Crippen molar-refractivity contribution >= 4 is 29.3 Å². The van der Waals surface area contributed by atoms with Crippen LogP contribution in [0.25, 0.3) is 11.1 Å². The number of aromatic carboxylic acids is 1. The van der Waals surface area contributed by atoms with Crippen LogP contribution < -0.4 is 10.6 Å². The fraction of sp³-hybridized carbons (Fsp3) is 0.250. The van der Waals surface area contributed by atoms with Crippen LogP contribution in [0, 0.1) is 0 Å². The lowest BCUT2D eigenvalue weighted by atomic mass is 9.98. The van der Waals surface area contributed by atoms with Gasteiger partial charge in [-0.15, -0.1) is 11.3 Å². The molecule has 1 aliphatic carbocycles. The third-order valence-corrected chi connectivity index (χ3v) is 6.45. The van der Waals surface area contributed by atoms with Gasteiger partial charge in [-0.2, -0.15) is 0 Å². The Morgan fingerprint density at radius 1 is 1.09 bits per heavy atom. The predicted molar refractivity (Wildman–Crippen MR) is 125 cm³/mol. The lowest BCUT2D eigenvalue weighted by Gasteiger charge is -2.19. The van der Waals surface area contributed by atoms with Gasteiger partial charge in [0.25, 0.3) is 0 Å². The van der Waals surface area contributed by atoms with Crippen molar-refractivity contribution in [3.05, 3.63) is 75.7 Å². The first-order valence-corrected chi connectivity index (χ1v) is 11.4. The molecule has 0 aliphatic heterocycles. The van der Waals surface area contributed by atoms with Crippen molar-refractivity contribution in [2.45, 2.75) is 18.5 Å². The lowest BCUT2D eigenvalue weighted by molar-refractivity contribution is -0.124. The molecule has 1 unspecified atom stereocenters. The lowest BCUT2D eigenvalue weighted by Crippen LogP contribution is -2.49. The average molecular weight is 482 g/mol. The Labute approximate surface area is 199 Å². The minimum absolute atomic E-state index is 0.0311. The summed E-state index contributed by atoms with van der Waals surface area (Å²) in [5.41, 5.74) is 4.42. The van der Waals surface area contributed by atoms with Crippen LogP contribution in [0.4, 0.5) is 4.79 Å². The Balaban J connectivity index is 1.35. The van der Waals surface area contributed by atoms with Crippen molar-refractivity contribution in [2.24, 2.45) is 0 Å². The summed E-state index contributed by atoms with van der Waals surface area (Å²) in [6.45, 7) is 0.0932. The highest BCUT2D eigenvalue weighted by Crippen LogP contribution is 2.44. The maximum atomic E-state index is 12.6. The van der Waals surface area contributed by atoms with Gasteiger partial charge in [0.1, 0.15) is 22.5 Å². The number of thiazole rings is 1. The summed E-state index contributed by atoms with van der Waals surface area (Å²) in [6.07, 6.45) is 0.497. The normalized spacial score (nSPS) is 13.0. The highest BCUT2D eigenvalue weighted by Gasteiger charge is 2.29. The SMILES string of the molecule is COCC(NC(=O)OCC1c2ccccc2-c2ccccc21)C(=O)NCc1ncc(C(=O)O)s1. The van der Waals surface area contributed by atoms with Crippen LogP contribution >= 0.6 is 11.3 Å². The van der Waals surface area contributed by atoms with Gasteiger partial charge in [-0.3, -0.25) is 4.79 Å². The summed E-state index contributed by atoms with van der Waals surface area (Å²) in [4.78, 5) is 40.1. The molecule has 0 saturated carbocycles. The quantitative estimate of drug-likeness (QED) is 0.429. The zero-order valence-corrected chi connectivity index (χ0v) is 19.1. The van der Waals surface area contributed by atoms with Gasteiger partial charge >= 0.3 is 12.1 Å². The van der Waals surface area contributed by atoms with Gasteiger partial charge in [0, 0.05) is 13.0 Å². The average Bonchev–Trinajstić information content (AvgIpc) is 3.44. The number of carbonyl (C=O) groups excluding carboxylic acids is 2. The van der Waals surface area contributed by atoms with E-state index in [1.807, 2.05) is 36.4 Å². The zero-order chi connectivity index (χ0) is 24.1. The van der Waals surface area contributed by atoms with E-state index in [-0.39, 0.29) is 30.6 Å². The number of alkyl carbamates (subject to hydrolysis) is 1. The minimum atomic E-state index is -1.08. The molecular weight excluding hydrogens is 458 g/mol. The van der Waals surface area contributed by atoms with E-state index in [0.29, 0.717) is 5.01 Å². The molecule has 0 saturated heterocycles. The van der Waals surface area contributed by atoms with E-state index in [1.54, 1.807) is 0 Å². The molecule has 0 radical (unpaired) electrons. The number of nitrogens with zero attached hydrogens (tertiary/aromatic N) is 1. The van der Waals surface area contributed by atoms with E-state index in [2.05, 4.69) is 27.8 Å². The molecule has 0 bridgehead atoms. The third-order valence-electron chi connectivity index (χ3n) is 5.46. The second kappa shape index (κ2) is 10.4. The van der Waals surface area contributed by atoms with Gasteiger partial charge in [0.05, 0.1) is 19.3 Å². The molecule has 34 heavy (non-hydrogen) atoms. The summed E-state index contributed by atoms with van der Waals surface area (Å²) in [5.74, 6) is -1.67. The second-order valence-electron chi connectivity index (χ2n) is 7.62. The van der Waals surface area contributed by atoms with E-state index in [9.17, 15) is 14.4 Å². The van der Waals surface area contributed by atoms with Gasteiger partial charge in [0.15, 0.2) is 0 Å². The van der Waals surface area contributed by atoms with Crippen LogP contribution in [0.3, 0.4) is 0 Å². The summed E-state index contributed by atoms with van der Waals surface area (Å²) >= 11 is 0.964. The molecule has 176 valence electrons. The molecule has 1 heterocycles. The Hall–Kier alpha value is -3.76. The molecule has 4 rings (SSSR count). The number of carboxylic acids is 1. The first-order valence-electron chi connectivity index (χ1n) is 10.5. The number of benzene rings is 2. The van der Waals surface area contributed by atoms with E-state index in [0.717, 1.165) is 33.6 Å². The molecule has 1 atom stereocenters. The van der Waals surface area contributed by atoms with Gasteiger partial charge in [-0.05, 0) is 22.3 Å². The molecule has 0 spiro atoms. The van der Waals surface area contributed by atoms with Crippen molar-refractivity contribution in [3.8, 4) is 11.1 Å². The van der Waals surface area contributed by atoms with E-state index in [4.69, 9.17) is 14.6 Å². The van der Waals surface area contributed by atoms with Crippen LogP contribution in [0.5, 0.6) is 0 Å². The minimum Gasteiger partial charge on any atom is -0.477 e. The molecule has 2 aromatic carbocycles. The monoisotopic (exact) mass is 481 g/mol. The first kappa shape index (κ1) is 23.4. The number of ether oxygens (including phenoxy) is 2. The topological polar surface area (TPSA) is 127 Å². The molecule has 3 N–H and O–H groups in total. The number of amides is 2. The fourth-order valence-electron chi connectivity index (χ4n) is 3.91. The van der Waals surface area contributed by atoms with Crippen molar-refractivity contribution in [2.75, 3.05) is 20.3 Å². The number of nitrogens with one attached hydrogen (secondary N) is 2. The molecule has 0 fully saturated rings. The van der Waals surface area contributed by atoms with E-state index >= 15 is 0 Å². The largest absolute Gasteiger partial charge is 0.477 e. The highest BCUT2D eigenvalue weighted by molar-refractivity contribution is 7.13. The summed E-state index contributed by atoms with van der Waals surface area (Å²) in [7, 11) is 1.42. The molecule has 3 aromatic rings. The molecule has 1 aliphatic rings. The van der Waals surface area contributed by atoms with Crippen molar-refractivity contribution in [3.63, 3.8) is 0 Å². The van der Waals surface area contributed by atoms with Crippen molar-refractivity contribution in [1.29, 1.82) is 0 Å². The van der Waals surface area contributed by atoms with Crippen LogP contribution in [0.2, 0.25) is 0 Å². The van der Waals surface area contributed by atoms with Crippen LogP contribution in [0.1, 0.15) is 31.7 Å². The van der Waals surface area contributed by atoms with Gasteiger partial charge in [-0.25, -0.2) is 14.6 Å². The summed E-state index contributed by atoms with van der Waals surface area (Å²) in [5, 5.41) is 14.6. The van der Waals surface area contributed by atoms with Gasteiger partial charge < -0.3 is 25.2 Å². The van der Waals surface area contributed by atoms with E-state index in [1.165, 1.54) is 13.3 Å². The van der Waals surface area contributed by atoms with E-state index < -0.39 is 24.0 Å². The maximum Gasteiger partial charge on any atom is 0.407 e. The number of methoxy groups -OCH3 is 1. The standard InChI is InChI=1S/C24H23N3O6S/c1-32-13-19(22(28)26-11-21-25-10-20(34-21)23(29)30)27-24(31)33-12-18-16-8-4-2-6-14(16)15-7-3-5-9-17(15)18/h2-10,18-19H,11-13H2,1H3,(H,26,28)(H,27,31)(H,29,30). The second-order valence-corrected chi connectivity index (χ2v) is 8.73. The molecule has 10 heteroatoms. The Kier molecular flexibility index (Phi) is 7.19. The highest BCUT2D eigenvalue weighted by atomic mass is 32.1. The number of hydrogen-bond donors (Lipinski definition) is 3. The molecule has 2 amide bonds. The van der Waals surface area contributed by atoms with Crippen LogP contribution in [-0.4, -0.2) is 54.4 Å². The van der Waals surface area contributed by atoms with Crippen molar-refractivity contribution in [1.82, 2.24) is 15.6 Å². The Bertz CT molecular complexity index is 1170. The Morgan fingerprint density at radius 3 is 2.32 bits per heavy atom. The number of carbonyl (C=O) groups is 3. The number of fused-ring (bicyclic) bond motifs is 3. The Morgan fingerprint density at radius 2 is 1.74 bits per heavy atom. The molecule has 9 nitrogen and oxygen atoms in total. The number of hydrogen-bond acceptors (Lipinski definition) is 7. The molecular formula is C24H23N3O6S. The first-order chi connectivity index (χ1) is 16.5. The number of rotatable bonds is 9. The van der Waals surface area contributed by atoms with Gasteiger partial charge in [0.2, 0.25) is 5.91 Å². The molecule has 1 aromatic heterocycles. The van der Waals surface area contributed by atoms with Crippen LogP contribution in [0.15, 0.2) is 54.7 Å². The maximum absolute atomic E-state index is 12.6. The number of carboxylic acid groups (broad SMARTS) is 1. The fourth-order valence-corrected chi connectivity index (χ4v) is 4.61. The summed E-state index contributed by atoms with van der Waals surface area (Å²) < 4.78 is 10.6. The smallest absolute Gasteiger partial charge is 0.407 e. The third kappa shape index (κ3) is 5.08. The van der Waals surface area contributed by atoms with Gasteiger partial charge in [-0.1, -0.05) is 48.5 Å². The zero-order valence-electron chi connectivity index (χ0n) is 18.3. The van der Waals surface area contributed by atoms with Crippen LogP contribution in [-0.2, 0) is 20.8 Å². The van der Waals surface area contributed by atoms with Crippen molar-refractivity contribution < 1.29 is 29.0 Å². The summed E-state index contributed by atoms with van der Waals surface area (Å²) in [6, 6.07) is 15.0.